The Labute approximate surface area is 121 Å². The van der Waals surface area contributed by atoms with Gasteiger partial charge in [-0.05, 0) is 51.3 Å². The fraction of sp³-hybridized carbons (Fsp3) is 0.600. The Morgan fingerprint density at radius 1 is 1.25 bits per heavy atom. The molecule has 0 aromatic heterocycles. The van der Waals surface area contributed by atoms with E-state index in [9.17, 15) is 8.42 Å². The topological polar surface area (TPSA) is 49.4 Å². The van der Waals surface area contributed by atoms with Crippen LogP contribution < -0.4 is 5.32 Å². The van der Waals surface area contributed by atoms with Crippen molar-refractivity contribution < 1.29 is 8.42 Å². The molecule has 3 rings (SSSR count). The van der Waals surface area contributed by atoms with E-state index < -0.39 is 10.0 Å². The Hall–Kier alpha value is -0.910. The van der Waals surface area contributed by atoms with E-state index in [-0.39, 0.29) is 12.1 Å². The lowest BCUT2D eigenvalue weighted by Crippen LogP contribution is -2.42. The summed E-state index contributed by atoms with van der Waals surface area (Å²) in [6, 6.07) is 5.79. The van der Waals surface area contributed by atoms with Gasteiger partial charge in [-0.2, -0.15) is 4.31 Å². The summed E-state index contributed by atoms with van der Waals surface area (Å²) in [5, 5.41) is 3.32. The summed E-state index contributed by atoms with van der Waals surface area (Å²) in [5.74, 6) is 0.463. The fourth-order valence-corrected chi connectivity index (χ4v) is 5.84. The van der Waals surface area contributed by atoms with Gasteiger partial charge < -0.3 is 5.32 Å². The highest BCUT2D eigenvalue weighted by molar-refractivity contribution is 7.89. The zero-order valence-electron chi connectivity index (χ0n) is 12.3. The summed E-state index contributed by atoms with van der Waals surface area (Å²) in [6.45, 7) is 7.61. The maximum atomic E-state index is 13.0. The van der Waals surface area contributed by atoms with Crippen molar-refractivity contribution >= 4 is 10.0 Å². The molecule has 4 nitrogen and oxygen atoms in total. The van der Waals surface area contributed by atoms with Crippen LogP contribution in [0.3, 0.4) is 0 Å². The van der Waals surface area contributed by atoms with E-state index in [0.29, 0.717) is 10.8 Å². The number of hydrogen-bond donors (Lipinski definition) is 1. The Kier molecular flexibility index (Phi) is 3.39. The van der Waals surface area contributed by atoms with Gasteiger partial charge in [-0.25, -0.2) is 8.42 Å². The molecule has 5 heteroatoms. The first kappa shape index (κ1) is 14.0. The van der Waals surface area contributed by atoms with Crippen LogP contribution in [-0.2, 0) is 10.0 Å². The molecule has 0 amide bonds. The third kappa shape index (κ3) is 2.08. The molecule has 0 bridgehead atoms. The van der Waals surface area contributed by atoms with Crippen molar-refractivity contribution in [2.75, 3.05) is 13.1 Å². The zero-order valence-corrected chi connectivity index (χ0v) is 13.1. The van der Waals surface area contributed by atoms with Gasteiger partial charge in [-0.15, -0.1) is 0 Å². The first-order valence-corrected chi connectivity index (χ1v) is 8.67. The minimum absolute atomic E-state index is 0.0952. The summed E-state index contributed by atoms with van der Waals surface area (Å²) in [6.07, 6.45) is 0.960. The van der Waals surface area contributed by atoms with Gasteiger partial charge in [0.1, 0.15) is 0 Å². The van der Waals surface area contributed by atoms with Gasteiger partial charge in [-0.3, -0.25) is 0 Å². The van der Waals surface area contributed by atoms with Crippen LogP contribution in [0.25, 0.3) is 0 Å². The van der Waals surface area contributed by atoms with Gasteiger partial charge in [0.15, 0.2) is 0 Å². The van der Waals surface area contributed by atoms with Gasteiger partial charge in [-0.1, -0.05) is 17.7 Å². The minimum Gasteiger partial charge on any atom is -0.315 e. The molecule has 110 valence electrons. The number of aryl methyl sites for hydroxylation is 2. The quantitative estimate of drug-likeness (QED) is 0.903. The third-order valence-electron chi connectivity index (χ3n) is 4.60. The SMILES string of the molecule is Cc1ccc(S(=O)(=O)N2C(C)CC3CNCC32)c(C)c1. The summed E-state index contributed by atoms with van der Waals surface area (Å²) in [7, 11) is -3.40. The van der Waals surface area contributed by atoms with E-state index in [4.69, 9.17) is 0 Å². The largest absolute Gasteiger partial charge is 0.315 e. The van der Waals surface area contributed by atoms with Gasteiger partial charge in [0.25, 0.3) is 0 Å². The third-order valence-corrected chi connectivity index (χ3v) is 6.79. The molecule has 0 radical (unpaired) electrons. The molecule has 0 aliphatic carbocycles. The van der Waals surface area contributed by atoms with E-state index in [1.165, 1.54) is 0 Å². The van der Waals surface area contributed by atoms with Crippen LogP contribution in [0.4, 0.5) is 0 Å². The molecule has 0 saturated carbocycles. The van der Waals surface area contributed by atoms with Crippen LogP contribution in [0.2, 0.25) is 0 Å². The van der Waals surface area contributed by atoms with Crippen LogP contribution in [0.1, 0.15) is 24.5 Å². The molecule has 0 spiro atoms. The van der Waals surface area contributed by atoms with Crippen molar-refractivity contribution in [3.63, 3.8) is 0 Å². The fourth-order valence-electron chi connectivity index (χ4n) is 3.74. The predicted molar refractivity (Wildman–Crippen MR) is 79.2 cm³/mol. The number of sulfonamides is 1. The zero-order chi connectivity index (χ0) is 14.5. The minimum atomic E-state index is -3.40. The lowest BCUT2D eigenvalue weighted by Gasteiger charge is -2.27. The highest BCUT2D eigenvalue weighted by Crippen LogP contribution is 2.37. The molecule has 2 heterocycles. The Morgan fingerprint density at radius 3 is 2.70 bits per heavy atom. The monoisotopic (exact) mass is 294 g/mol. The van der Waals surface area contributed by atoms with Gasteiger partial charge in [0, 0.05) is 18.6 Å². The van der Waals surface area contributed by atoms with Crippen LogP contribution in [-0.4, -0.2) is 37.9 Å². The first-order chi connectivity index (χ1) is 9.41. The molecule has 3 unspecified atom stereocenters. The van der Waals surface area contributed by atoms with E-state index in [2.05, 4.69) is 5.32 Å². The van der Waals surface area contributed by atoms with E-state index in [0.717, 1.165) is 30.6 Å². The summed E-state index contributed by atoms with van der Waals surface area (Å²) >= 11 is 0. The summed E-state index contributed by atoms with van der Waals surface area (Å²) in [4.78, 5) is 0.461. The predicted octanol–water partition coefficient (Wildman–Crippen LogP) is 1.67. The molecule has 3 atom stereocenters. The van der Waals surface area contributed by atoms with Crippen molar-refractivity contribution in [2.45, 2.75) is 44.2 Å². The molecule has 2 saturated heterocycles. The average molecular weight is 294 g/mol. The van der Waals surface area contributed by atoms with Gasteiger partial charge in [0.05, 0.1) is 4.90 Å². The van der Waals surface area contributed by atoms with Crippen molar-refractivity contribution in [3.8, 4) is 0 Å². The molecular weight excluding hydrogens is 272 g/mol. The number of hydrogen-bond acceptors (Lipinski definition) is 3. The van der Waals surface area contributed by atoms with Crippen LogP contribution in [0, 0.1) is 19.8 Å². The van der Waals surface area contributed by atoms with Gasteiger partial charge >= 0.3 is 0 Å². The molecule has 1 aromatic rings. The first-order valence-electron chi connectivity index (χ1n) is 7.23. The number of nitrogens with zero attached hydrogens (tertiary/aromatic N) is 1. The van der Waals surface area contributed by atoms with Crippen molar-refractivity contribution in [2.24, 2.45) is 5.92 Å². The molecule has 1 N–H and O–H groups in total. The molecule has 1 aromatic carbocycles. The molecule has 20 heavy (non-hydrogen) atoms. The van der Waals surface area contributed by atoms with E-state index in [1.54, 1.807) is 10.4 Å². The normalized spacial score (nSPS) is 30.6. The van der Waals surface area contributed by atoms with Crippen LogP contribution >= 0.6 is 0 Å². The summed E-state index contributed by atoms with van der Waals surface area (Å²) < 4.78 is 27.8. The van der Waals surface area contributed by atoms with Gasteiger partial charge in [0.2, 0.25) is 10.0 Å². The second-order valence-corrected chi connectivity index (χ2v) is 7.99. The second-order valence-electron chi connectivity index (χ2n) is 6.17. The highest BCUT2D eigenvalue weighted by atomic mass is 32.2. The van der Waals surface area contributed by atoms with Crippen LogP contribution in [0.5, 0.6) is 0 Å². The van der Waals surface area contributed by atoms with Crippen LogP contribution in [0.15, 0.2) is 23.1 Å². The number of fused-ring (bicyclic) bond motifs is 1. The van der Waals surface area contributed by atoms with Crippen molar-refractivity contribution in [3.05, 3.63) is 29.3 Å². The van der Waals surface area contributed by atoms with E-state index >= 15 is 0 Å². The lowest BCUT2D eigenvalue weighted by molar-refractivity contribution is 0.335. The molecule has 2 aliphatic rings. The van der Waals surface area contributed by atoms with Crippen molar-refractivity contribution in [1.82, 2.24) is 9.62 Å². The summed E-state index contributed by atoms with van der Waals surface area (Å²) in [5.41, 5.74) is 1.93. The molecular formula is C15H22N2O2S. The maximum absolute atomic E-state index is 13.0. The standard InChI is InChI=1S/C15H22N2O2S/c1-10-4-5-15(11(2)6-10)20(18,19)17-12(3)7-13-8-16-9-14(13)17/h4-6,12-14,16H,7-9H2,1-3H3. The Balaban J connectivity index is 2.03. The number of nitrogens with one attached hydrogen (secondary N) is 1. The Morgan fingerprint density at radius 2 is 2.00 bits per heavy atom. The Bertz CT molecular complexity index is 627. The second kappa shape index (κ2) is 4.83. The average Bonchev–Trinajstić information content (AvgIpc) is 2.87. The van der Waals surface area contributed by atoms with Crippen molar-refractivity contribution in [1.29, 1.82) is 0 Å². The lowest BCUT2D eigenvalue weighted by atomic mass is 10.0. The smallest absolute Gasteiger partial charge is 0.243 e. The maximum Gasteiger partial charge on any atom is 0.243 e. The molecule has 2 fully saturated rings. The highest BCUT2D eigenvalue weighted by Gasteiger charge is 2.48. The molecule has 2 aliphatic heterocycles. The van der Waals surface area contributed by atoms with E-state index in [1.807, 2.05) is 32.9 Å². The number of benzene rings is 1. The number of rotatable bonds is 2.